The molecule has 17 heavy (non-hydrogen) atoms. The molecule has 4 nitrogen and oxygen atoms in total. The van der Waals surface area contributed by atoms with E-state index in [1.165, 1.54) is 0 Å². The van der Waals surface area contributed by atoms with E-state index in [-0.39, 0.29) is 12.1 Å². The molecule has 0 bridgehead atoms. The van der Waals surface area contributed by atoms with E-state index in [0.717, 1.165) is 11.8 Å². The van der Waals surface area contributed by atoms with Crippen LogP contribution in [0.15, 0.2) is 12.1 Å². The molecule has 0 saturated carbocycles. The van der Waals surface area contributed by atoms with Crippen molar-refractivity contribution in [3.8, 4) is 0 Å². The minimum atomic E-state index is -1.15. The highest BCUT2D eigenvalue weighted by molar-refractivity contribution is 7.98. The average molecular weight is 262 g/mol. The lowest BCUT2D eigenvalue weighted by Gasteiger charge is -2.05. The first-order valence-corrected chi connectivity index (χ1v) is 6.27. The zero-order valence-corrected chi connectivity index (χ0v) is 10.0. The summed E-state index contributed by atoms with van der Waals surface area (Å²) in [6.07, 6.45) is 1.94. The van der Waals surface area contributed by atoms with Crippen molar-refractivity contribution in [3.63, 3.8) is 0 Å². The first-order valence-electron chi connectivity index (χ1n) is 4.88. The van der Waals surface area contributed by atoms with Gasteiger partial charge in [0.2, 0.25) is 5.82 Å². The summed E-state index contributed by atoms with van der Waals surface area (Å²) in [4.78, 5) is 9.62. The second-order valence-electron chi connectivity index (χ2n) is 3.32. The lowest BCUT2D eigenvalue weighted by Crippen LogP contribution is -2.17. The summed E-state index contributed by atoms with van der Waals surface area (Å²) in [5.74, 6) is -1.07. The Hall–Kier alpha value is -1.21. The summed E-state index contributed by atoms with van der Waals surface area (Å²) in [7, 11) is 0. The van der Waals surface area contributed by atoms with Crippen LogP contribution in [0.4, 0.5) is 14.5 Å². The van der Waals surface area contributed by atoms with Crippen LogP contribution in [0.5, 0.6) is 0 Å². The number of hydrogen-bond donors (Lipinski definition) is 1. The highest BCUT2D eigenvalue weighted by Crippen LogP contribution is 2.21. The monoisotopic (exact) mass is 262 g/mol. The molecule has 0 unspecified atom stereocenters. The van der Waals surface area contributed by atoms with Gasteiger partial charge in [-0.2, -0.15) is 16.2 Å². The first-order chi connectivity index (χ1) is 8.06. The summed E-state index contributed by atoms with van der Waals surface area (Å²) < 4.78 is 26.3. The summed E-state index contributed by atoms with van der Waals surface area (Å²) in [5.41, 5.74) is -0.604. The molecule has 0 heterocycles. The van der Waals surface area contributed by atoms with Gasteiger partial charge in [-0.05, 0) is 6.26 Å². The second-order valence-corrected chi connectivity index (χ2v) is 4.31. The molecule has 1 rings (SSSR count). The fraction of sp³-hybridized carbons (Fsp3) is 0.400. The van der Waals surface area contributed by atoms with Crippen molar-refractivity contribution in [3.05, 3.63) is 39.4 Å². The van der Waals surface area contributed by atoms with Gasteiger partial charge in [0, 0.05) is 36.5 Å². The van der Waals surface area contributed by atoms with E-state index in [2.05, 4.69) is 5.32 Å². The minimum absolute atomic E-state index is 0.0965. The SMILES string of the molecule is CSCCNCc1cc([N+](=O)[O-])c(F)cc1F. The van der Waals surface area contributed by atoms with Crippen molar-refractivity contribution in [1.29, 1.82) is 0 Å². The maximum Gasteiger partial charge on any atom is 0.305 e. The van der Waals surface area contributed by atoms with Crippen LogP contribution >= 0.6 is 11.8 Å². The molecule has 1 aromatic carbocycles. The highest BCUT2D eigenvalue weighted by atomic mass is 32.2. The van der Waals surface area contributed by atoms with Crippen LogP contribution in [0, 0.1) is 21.7 Å². The molecule has 1 N–H and O–H groups in total. The molecule has 0 radical (unpaired) electrons. The molecule has 0 atom stereocenters. The molecule has 0 spiro atoms. The summed E-state index contributed by atoms with van der Waals surface area (Å²) in [6.45, 7) is 0.805. The Bertz CT molecular complexity index is 416. The summed E-state index contributed by atoms with van der Waals surface area (Å²) >= 11 is 1.63. The van der Waals surface area contributed by atoms with Gasteiger partial charge in [0.05, 0.1) is 4.92 Å². The van der Waals surface area contributed by atoms with Crippen LogP contribution in [0.3, 0.4) is 0 Å². The number of nitrogens with one attached hydrogen (secondary N) is 1. The van der Waals surface area contributed by atoms with Crippen LogP contribution in [0.1, 0.15) is 5.56 Å². The Morgan fingerprint density at radius 2 is 2.12 bits per heavy atom. The minimum Gasteiger partial charge on any atom is -0.312 e. The maximum absolute atomic E-state index is 13.3. The Morgan fingerprint density at radius 1 is 1.41 bits per heavy atom. The third-order valence-electron chi connectivity index (χ3n) is 2.11. The lowest BCUT2D eigenvalue weighted by molar-refractivity contribution is -0.387. The largest absolute Gasteiger partial charge is 0.312 e. The Balaban J connectivity index is 2.77. The molecule has 0 aliphatic rings. The molecular weight excluding hydrogens is 250 g/mol. The molecule has 7 heteroatoms. The topological polar surface area (TPSA) is 55.2 Å². The molecule has 1 aromatic rings. The number of nitro groups is 1. The van der Waals surface area contributed by atoms with Gasteiger partial charge in [-0.25, -0.2) is 4.39 Å². The van der Waals surface area contributed by atoms with Crippen LogP contribution in [-0.4, -0.2) is 23.5 Å². The van der Waals surface area contributed by atoms with E-state index in [1.807, 2.05) is 6.26 Å². The van der Waals surface area contributed by atoms with Crippen LogP contribution in [0.25, 0.3) is 0 Å². The predicted molar refractivity (Wildman–Crippen MR) is 63.1 cm³/mol. The van der Waals surface area contributed by atoms with E-state index in [9.17, 15) is 18.9 Å². The Morgan fingerprint density at radius 3 is 2.71 bits per heavy atom. The zero-order valence-electron chi connectivity index (χ0n) is 9.20. The van der Waals surface area contributed by atoms with Gasteiger partial charge in [0.1, 0.15) is 5.82 Å². The molecule has 0 aliphatic heterocycles. The van der Waals surface area contributed by atoms with Crippen molar-refractivity contribution in [2.45, 2.75) is 6.54 Å². The van der Waals surface area contributed by atoms with Crippen molar-refractivity contribution in [2.75, 3.05) is 18.6 Å². The van der Waals surface area contributed by atoms with E-state index < -0.39 is 22.2 Å². The summed E-state index contributed by atoms with van der Waals surface area (Å²) in [6, 6.07) is 1.47. The third-order valence-corrected chi connectivity index (χ3v) is 2.72. The van der Waals surface area contributed by atoms with Crippen molar-refractivity contribution < 1.29 is 13.7 Å². The van der Waals surface area contributed by atoms with E-state index in [1.54, 1.807) is 11.8 Å². The zero-order chi connectivity index (χ0) is 12.8. The van der Waals surface area contributed by atoms with Crippen molar-refractivity contribution in [2.24, 2.45) is 0 Å². The van der Waals surface area contributed by atoms with Gasteiger partial charge in [-0.3, -0.25) is 10.1 Å². The molecular formula is C10H12F2N2O2S. The standard InChI is InChI=1S/C10H12F2N2O2S/c1-17-3-2-13-6-7-4-10(14(15)16)9(12)5-8(7)11/h4-5,13H,2-3,6H2,1H3. The predicted octanol–water partition coefficient (Wildman–Crippen LogP) is 2.33. The van der Waals surface area contributed by atoms with Gasteiger partial charge < -0.3 is 5.32 Å². The molecule has 94 valence electrons. The highest BCUT2D eigenvalue weighted by Gasteiger charge is 2.17. The van der Waals surface area contributed by atoms with Crippen LogP contribution < -0.4 is 5.32 Å². The van der Waals surface area contributed by atoms with E-state index in [4.69, 9.17) is 0 Å². The average Bonchev–Trinajstić information content (AvgIpc) is 2.26. The van der Waals surface area contributed by atoms with Crippen LogP contribution in [0.2, 0.25) is 0 Å². The molecule has 0 amide bonds. The Kier molecular flexibility index (Phi) is 5.30. The number of rotatable bonds is 6. The fourth-order valence-electron chi connectivity index (χ4n) is 1.25. The molecule has 0 saturated heterocycles. The van der Waals surface area contributed by atoms with Crippen molar-refractivity contribution in [1.82, 2.24) is 5.32 Å². The Labute approximate surface area is 102 Å². The van der Waals surface area contributed by atoms with Gasteiger partial charge in [0.25, 0.3) is 0 Å². The maximum atomic E-state index is 13.3. The van der Waals surface area contributed by atoms with Crippen molar-refractivity contribution >= 4 is 17.4 Å². The number of nitro benzene ring substituents is 1. The fourth-order valence-corrected chi connectivity index (χ4v) is 1.60. The van der Waals surface area contributed by atoms with Gasteiger partial charge in [0.15, 0.2) is 0 Å². The lowest BCUT2D eigenvalue weighted by atomic mass is 10.2. The number of hydrogen-bond acceptors (Lipinski definition) is 4. The van der Waals surface area contributed by atoms with Gasteiger partial charge in [-0.1, -0.05) is 0 Å². The smallest absolute Gasteiger partial charge is 0.305 e. The van der Waals surface area contributed by atoms with Gasteiger partial charge in [-0.15, -0.1) is 0 Å². The quantitative estimate of drug-likeness (QED) is 0.485. The third kappa shape index (κ3) is 3.94. The molecule has 0 fully saturated rings. The molecule has 0 aromatic heterocycles. The number of halogens is 2. The second kappa shape index (κ2) is 6.51. The number of thioether (sulfide) groups is 1. The first kappa shape index (κ1) is 13.9. The molecule has 0 aliphatic carbocycles. The van der Waals surface area contributed by atoms with E-state index in [0.29, 0.717) is 12.6 Å². The van der Waals surface area contributed by atoms with E-state index >= 15 is 0 Å². The summed E-state index contributed by atoms with van der Waals surface area (Å²) in [5, 5.41) is 13.4. The number of benzene rings is 1. The van der Waals surface area contributed by atoms with Crippen LogP contribution in [-0.2, 0) is 6.54 Å². The van der Waals surface area contributed by atoms with Gasteiger partial charge >= 0.3 is 5.69 Å². The number of nitrogens with zero attached hydrogens (tertiary/aromatic N) is 1. The normalized spacial score (nSPS) is 10.5.